The van der Waals surface area contributed by atoms with Crippen molar-refractivity contribution in [3.8, 4) is 0 Å². The van der Waals surface area contributed by atoms with E-state index in [2.05, 4.69) is 29.7 Å². The van der Waals surface area contributed by atoms with Crippen LogP contribution in [0.4, 0.5) is 0 Å². The highest BCUT2D eigenvalue weighted by atomic mass is 14.6. The second-order valence-corrected chi connectivity index (χ2v) is 3.33. The highest BCUT2D eigenvalue weighted by Crippen LogP contribution is 1.95. The summed E-state index contributed by atoms with van der Waals surface area (Å²) < 4.78 is 0. The molecule has 0 aliphatic heterocycles. The Bertz CT molecular complexity index is 337. The first kappa shape index (κ1) is 14.3. The summed E-state index contributed by atoms with van der Waals surface area (Å²) in [6.45, 7) is 9.46. The molecule has 0 spiro atoms. The van der Waals surface area contributed by atoms with Crippen LogP contribution in [-0.2, 0) is 0 Å². The van der Waals surface area contributed by atoms with Crippen LogP contribution in [0.15, 0.2) is 53.3 Å². The number of allylic oxidation sites excluding steroid dienone is 3. The van der Waals surface area contributed by atoms with Gasteiger partial charge in [0.1, 0.15) is 0 Å². The summed E-state index contributed by atoms with van der Waals surface area (Å²) in [6.07, 6.45) is 8.64. The van der Waals surface area contributed by atoms with Gasteiger partial charge in [0.05, 0.1) is 0 Å². The van der Waals surface area contributed by atoms with E-state index in [1.807, 2.05) is 38.1 Å². The van der Waals surface area contributed by atoms with E-state index in [0.29, 0.717) is 0 Å². The Morgan fingerprint density at radius 2 is 2.25 bits per heavy atom. The van der Waals surface area contributed by atoms with Crippen molar-refractivity contribution in [2.24, 2.45) is 4.99 Å². The van der Waals surface area contributed by atoms with Gasteiger partial charge >= 0.3 is 0 Å². The SMILES string of the molecule is C=N/C=C\C(C)=C/CC.Cc1ccccn1. The van der Waals surface area contributed by atoms with Crippen LogP contribution in [0, 0.1) is 6.92 Å². The molecule has 16 heavy (non-hydrogen) atoms. The summed E-state index contributed by atoms with van der Waals surface area (Å²) in [7, 11) is 0. The first-order valence-corrected chi connectivity index (χ1v) is 5.37. The first-order chi connectivity index (χ1) is 7.70. The second kappa shape index (κ2) is 9.84. The Morgan fingerprint density at radius 3 is 2.62 bits per heavy atom. The molecule has 0 fully saturated rings. The Kier molecular flexibility index (Phi) is 8.79. The molecule has 0 radical (unpaired) electrons. The lowest BCUT2D eigenvalue weighted by Gasteiger charge is -1.85. The van der Waals surface area contributed by atoms with Gasteiger partial charge in [-0.15, -0.1) is 0 Å². The number of aryl methyl sites for hydroxylation is 1. The Balaban J connectivity index is 0.000000288. The van der Waals surface area contributed by atoms with E-state index in [1.54, 1.807) is 12.4 Å². The zero-order chi connectivity index (χ0) is 12.2. The second-order valence-electron chi connectivity index (χ2n) is 3.33. The molecule has 0 saturated heterocycles. The maximum absolute atomic E-state index is 3.98. The number of aliphatic imine (C=N–C) groups is 1. The largest absolute Gasteiger partial charge is 0.273 e. The number of aromatic nitrogens is 1. The van der Waals surface area contributed by atoms with Crippen LogP contribution in [-0.4, -0.2) is 11.7 Å². The molecular formula is C14H20N2. The molecule has 0 N–H and O–H groups in total. The fourth-order valence-corrected chi connectivity index (χ4v) is 1.01. The quantitative estimate of drug-likeness (QED) is 0.555. The van der Waals surface area contributed by atoms with Crippen LogP contribution in [0.3, 0.4) is 0 Å². The molecule has 0 saturated carbocycles. The van der Waals surface area contributed by atoms with Gasteiger partial charge in [0.2, 0.25) is 0 Å². The van der Waals surface area contributed by atoms with E-state index in [9.17, 15) is 0 Å². The third-order valence-electron chi connectivity index (χ3n) is 1.78. The van der Waals surface area contributed by atoms with Crippen LogP contribution in [0.5, 0.6) is 0 Å². The van der Waals surface area contributed by atoms with Gasteiger partial charge in [0.15, 0.2) is 0 Å². The topological polar surface area (TPSA) is 25.2 Å². The minimum absolute atomic E-state index is 1.07. The highest BCUT2D eigenvalue weighted by Gasteiger charge is 1.75. The van der Waals surface area contributed by atoms with Crippen LogP contribution in [0.25, 0.3) is 0 Å². The number of pyridine rings is 1. The molecule has 0 aliphatic rings. The third-order valence-corrected chi connectivity index (χ3v) is 1.78. The maximum atomic E-state index is 3.98. The zero-order valence-electron chi connectivity index (χ0n) is 10.4. The van der Waals surface area contributed by atoms with E-state index in [4.69, 9.17) is 0 Å². The van der Waals surface area contributed by atoms with Crippen molar-refractivity contribution in [2.75, 3.05) is 0 Å². The lowest BCUT2D eigenvalue weighted by molar-refractivity contribution is 1.20. The van der Waals surface area contributed by atoms with Gasteiger partial charge < -0.3 is 0 Å². The van der Waals surface area contributed by atoms with Crippen LogP contribution >= 0.6 is 0 Å². The highest BCUT2D eigenvalue weighted by molar-refractivity contribution is 5.27. The molecule has 2 heteroatoms. The van der Waals surface area contributed by atoms with E-state index in [-0.39, 0.29) is 0 Å². The van der Waals surface area contributed by atoms with Crippen molar-refractivity contribution in [2.45, 2.75) is 27.2 Å². The smallest absolute Gasteiger partial charge is 0.0372 e. The number of rotatable bonds is 3. The Morgan fingerprint density at radius 1 is 1.50 bits per heavy atom. The fraction of sp³-hybridized carbons (Fsp3) is 0.286. The van der Waals surface area contributed by atoms with Crippen molar-refractivity contribution in [3.05, 3.63) is 54.0 Å². The Labute approximate surface area is 98.5 Å². The predicted molar refractivity (Wildman–Crippen MR) is 71.7 cm³/mol. The molecule has 1 aromatic heterocycles. The normalized spacial score (nSPS) is 10.8. The minimum Gasteiger partial charge on any atom is -0.273 e. The molecule has 0 aliphatic carbocycles. The van der Waals surface area contributed by atoms with Gasteiger partial charge in [-0.2, -0.15) is 0 Å². The maximum Gasteiger partial charge on any atom is 0.0372 e. The molecule has 1 rings (SSSR count). The molecular weight excluding hydrogens is 196 g/mol. The van der Waals surface area contributed by atoms with Gasteiger partial charge in [-0.25, -0.2) is 0 Å². The van der Waals surface area contributed by atoms with Crippen molar-refractivity contribution >= 4 is 6.72 Å². The average Bonchev–Trinajstić information content (AvgIpc) is 2.29. The lowest BCUT2D eigenvalue weighted by Crippen LogP contribution is -1.72. The van der Waals surface area contributed by atoms with Gasteiger partial charge in [0.25, 0.3) is 0 Å². The summed E-state index contributed by atoms with van der Waals surface area (Å²) in [5, 5.41) is 0. The van der Waals surface area contributed by atoms with Gasteiger partial charge in [-0.3, -0.25) is 9.98 Å². The molecule has 1 heterocycles. The van der Waals surface area contributed by atoms with Crippen molar-refractivity contribution < 1.29 is 0 Å². The molecule has 0 aromatic carbocycles. The zero-order valence-corrected chi connectivity index (χ0v) is 10.4. The summed E-state index contributed by atoms with van der Waals surface area (Å²) in [6, 6.07) is 5.86. The van der Waals surface area contributed by atoms with E-state index in [1.165, 1.54) is 5.57 Å². The molecule has 2 nitrogen and oxygen atoms in total. The first-order valence-electron chi connectivity index (χ1n) is 5.37. The van der Waals surface area contributed by atoms with Crippen LogP contribution < -0.4 is 0 Å². The molecule has 1 aromatic rings. The van der Waals surface area contributed by atoms with Crippen molar-refractivity contribution in [1.82, 2.24) is 4.98 Å². The predicted octanol–water partition coefficient (Wildman–Crippen LogP) is 3.95. The monoisotopic (exact) mass is 216 g/mol. The van der Waals surface area contributed by atoms with E-state index >= 15 is 0 Å². The summed E-state index contributed by atoms with van der Waals surface area (Å²) in [5.41, 5.74) is 2.31. The number of hydrogen-bond donors (Lipinski definition) is 0. The Hall–Kier alpha value is -1.70. The summed E-state index contributed by atoms with van der Waals surface area (Å²) in [5.74, 6) is 0. The molecule has 0 amide bonds. The lowest BCUT2D eigenvalue weighted by atomic mass is 10.2. The summed E-state index contributed by atoms with van der Waals surface area (Å²) in [4.78, 5) is 7.57. The standard InChI is InChI=1S/C8H13N.C6H7N/c1-4-5-8(2)6-7-9-3;1-6-4-2-3-5-7-6/h5-7H,3-4H2,1-2H3;2-5H,1H3/b7-6-,8-5-;. The molecule has 86 valence electrons. The number of nitrogens with zero attached hydrogens (tertiary/aromatic N) is 2. The van der Waals surface area contributed by atoms with Crippen molar-refractivity contribution in [1.29, 1.82) is 0 Å². The average molecular weight is 216 g/mol. The van der Waals surface area contributed by atoms with Crippen LogP contribution in [0.2, 0.25) is 0 Å². The molecule has 0 atom stereocenters. The minimum atomic E-state index is 1.07. The van der Waals surface area contributed by atoms with E-state index in [0.717, 1.165) is 12.1 Å². The van der Waals surface area contributed by atoms with Crippen LogP contribution in [0.1, 0.15) is 26.0 Å². The summed E-state index contributed by atoms with van der Waals surface area (Å²) >= 11 is 0. The number of hydrogen-bond acceptors (Lipinski definition) is 2. The van der Waals surface area contributed by atoms with Gasteiger partial charge in [0, 0.05) is 18.1 Å². The fourth-order valence-electron chi connectivity index (χ4n) is 1.01. The van der Waals surface area contributed by atoms with Crippen molar-refractivity contribution in [3.63, 3.8) is 0 Å². The molecule has 0 unspecified atom stereocenters. The molecule has 0 bridgehead atoms. The third kappa shape index (κ3) is 8.88. The van der Waals surface area contributed by atoms with E-state index < -0.39 is 0 Å². The van der Waals surface area contributed by atoms with Gasteiger partial charge in [-0.1, -0.05) is 24.6 Å². The van der Waals surface area contributed by atoms with Gasteiger partial charge in [-0.05, 0) is 45.2 Å².